The van der Waals surface area contributed by atoms with Gasteiger partial charge in [0.1, 0.15) is 0 Å². The second-order valence-electron chi connectivity index (χ2n) is 6.41. The van der Waals surface area contributed by atoms with E-state index < -0.39 is 0 Å². The van der Waals surface area contributed by atoms with Crippen molar-refractivity contribution in [3.63, 3.8) is 0 Å². The van der Waals surface area contributed by atoms with E-state index in [2.05, 4.69) is 25.7 Å². The van der Waals surface area contributed by atoms with Crippen molar-refractivity contribution in [2.24, 2.45) is 5.92 Å². The van der Waals surface area contributed by atoms with Crippen LogP contribution in [0.15, 0.2) is 12.3 Å². The van der Waals surface area contributed by atoms with Gasteiger partial charge in [0.05, 0.1) is 0 Å². The Kier molecular flexibility index (Phi) is 14.6. The van der Waals surface area contributed by atoms with Crippen molar-refractivity contribution in [3.8, 4) is 0 Å². The maximum atomic E-state index is 3.90. The molecule has 0 amide bonds. The lowest BCUT2D eigenvalue weighted by Gasteiger charge is -2.17. The highest BCUT2D eigenvalue weighted by Gasteiger charge is 2.08. The van der Waals surface area contributed by atoms with Gasteiger partial charge < -0.3 is 5.32 Å². The average molecular weight is 282 g/mol. The fourth-order valence-electron chi connectivity index (χ4n) is 2.85. The Labute approximate surface area is 128 Å². The topological polar surface area (TPSA) is 12.0 Å². The van der Waals surface area contributed by atoms with Crippen LogP contribution in [0.4, 0.5) is 0 Å². The fraction of sp³-hybridized carbons (Fsp3) is 0.895. The maximum Gasteiger partial charge on any atom is 0.0143 e. The van der Waals surface area contributed by atoms with Gasteiger partial charge >= 0.3 is 0 Å². The van der Waals surface area contributed by atoms with Gasteiger partial charge in [-0.1, -0.05) is 84.6 Å². The van der Waals surface area contributed by atoms with Gasteiger partial charge in [-0.2, -0.15) is 0 Å². The molecule has 1 unspecified atom stereocenters. The lowest BCUT2D eigenvalue weighted by molar-refractivity contribution is 0.374. The standard InChI is InChI=1S/C19H39N/c1-5-7-9-10-12-15-19(14-11-8-6-2)16-13-17-20-18(3)4/h19-20H,3,5-17H2,1-2,4H3. The summed E-state index contributed by atoms with van der Waals surface area (Å²) in [5.74, 6) is 0.968. The van der Waals surface area contributed by atoms with Gasteiger partial charge in [-0.15, -0.1) is 0 Å². The molecule has 0 bridgehead atoms. The van der Waals surface area contributed by atoms with Crippen molar-refractivity contribution < 1.29 is 0 Å². The summed E-state index contributed by atoms with van der Waals surface area (Å²) >= 11 is 0. The number of unbranched alkanes of at least 4 members (excludes halogenated alkanes) is 6. The van der Waals surface area contributed by atoms with Gasteiger partial charge in [-0.25, -0.2) is 0 Å². The first-order valence-corrected chi connectivity index (χ1v) is 9.10. The van der Waals surface area contributed by atoms with Gasteiger partial charge in [-0.05, 0) is 25.7 Å². The number of hydrogen-bond acceptors (Lipinski definition) is 1. The van der Waals surface area contributed by atoms with E-state index >= 15 is 0 Å². The zero-order valence-corrected chi connectivity index (χ0v) is 14.5. The molecule has 1 N–H and O–H groups in total. The predicted octanol–water partition coefficient (Wildman–Crippen LogP) is 6.45. The Morgan fingerprint density at radius 1 is 0.800 bits per heavy atom. The third kappa shape index (κ3) is 14.0. The molecule has 0 aliphatic carbocycles. The molecule has 0 aliphatic heterocycles. The Morgan fingerprint density at radius 2 is 1.30 bits per heavy atom. The molecule has 0 heterocycles. The summed E-state index contributed by atoms with van der Waals surface area (Å²) in [6, 6.07) is 0. The molecule has 0 aromatic carbocycles. The van der Waals surface area contributed by atoms with Crippen LogP contribution in [0.1, 0.15) is 97.8 Å². The summed E-state index contributed by atoms with van der Waals surface area (Å²) in [4.78, 5) is 0. The smallest absolute Gasteiger partial charge is 0.0143 e. The molecule has 0 aliphatic rings. The summed E-state index contributed by atoms with van der Waals surface area (Å²) in [5, 5.41) is 3.36. The molecule has 0 spiro atoms. The molecular weight excluding hydrogens is 242 g/mol. The minimum atomic E-state index is 0.968. The highest BCUT2D eigenvalue weighted by Crippen LogP contribution is 2.22. The quantitative estimate of drug-likeness (QED) is 0.340. The van der Waals surface area contributed by atoms with Crippen LogP contribution in [0.2, 0.25) is 0 Å². The molecule has 0 radical (unpaired) electrons. The Morgan fingerprint density at radius 3 is 1.90 bits per heavy atom. The van der Waals surface area contributed by atoms with Crippen LogP contribution >= 0.6 is 0 Å². The highest BCUT2D eigenvalue weighted by molar-refractivity contribution is 4.83. The van der Waals surface area contributed by atoms with Crippen molar-refractivity contribution >= 4 is 0 Å². The summed E-state index contributed by atoms with van der Waals surface area (Å²) in [5.41, 5.74) is 1.10. The third-order valence-corrected chi connectivity index (χ3v) is 4.15. The van der Waals surface area contributed by atoms with Crippen LogP contribution in [0, 0.1) is 5.92 Å². The van der Waals surface area contributed by atoms with Crippen LogP contribution in [0.25, 0.3) is 0 Å². The Bertz CT molecular complexity index is 210. The second-order valence-corrected chi connectivity index (χ2v) is 6.41. The zero-order chi connectivity index (χ0) is 15.1. The van der Waals surface area contributed by atoms with E-state index in [1.165, 1.54) is 77.0 Å². The van der Waals surface area contributed by atoms with Crippen LogP contribution in [-0.2, 0) is 0 Å². The summed E-state index contributed by atoms with van der Waals surface area (Å²) in [7, 11) is 0. The fourth-order valence-corrected chi connectivity index (χ4v) is 2.85. The van der Waals surface area contributed by atoms with E-state index in [0.717, 1.165) is 18.2 Å². The maximum absolute atomic E-state index is 3.90. The molecular formula is C19H39N. The van der Waals surface area contributed by atoms with Gasteiger partial charge in [0.15, 0.2) is 0 Å². The van der Waals surface area contributed by atoms with Crippen molar-refractivity contribution in [1.82, 2.24) is 5.32 Å². The summed E-state index contributed by atoms with van der Waals surface area (Å²) in [6.45, 7) is 11.7. The molecule has 1 nitrogen and oxygen atoms in total. The number of hydrogen-bond donors (Lipinski definition) is 1. The lowest BCUT2D eigenvalue weighted by Crippen LogP contribution is -2.13. The van der Waals surface area contributed by atoms with Crippen molar-refractivity contribution in [2.45, 2.75) is 97.8 Å². The van der Waals surface area contributed by atoms with E-state index in [1.807, 2.05) is 6.92 Å². The molecule has 0 rings (SSSR count). The first-order chi connectivity index (χ1) is 9.70. The van der Waals surface area contributed by atoms with Gasteiger partial charge in [0.25, 0.3) is 0 Å². The molecule has 120 valence electrons. The van der Waals surface area contributed by atoms with E-state index in [9.17, 15) is 0 Å². The van der Waals surface area contributed by atoms with Crippen molar-refractivity contribution in [2.75, 3.05) is 6.54 Å². The molecule has 1 heteroatoms. The minimum absolute atomic E-state index is 0.968. The Balaban J connectivity index is 3.72. The second kappa shape index (κ2) is 14.9. The van der Waals surface area contributed by atoms with E-state index in [1.54, 1.807) is 0 Å². The molecule has 0 saturated heterocycles. The van der Waals surface area contributed by atoms with Crippen molar-refractivity contribution in [3.05, 3.63) is 12.3 Å². The van der Waals surface area contributed by atoms with E-state index in [-0.39, 0.29) is 0 Å². The van der Waals surface area contributed by atoms with Crippen LogP contribution in [-0.4, -0.2) is 6.54 Å². The first kappa shape index (κ1) is 19.5. The minimum Gasteiger partial charge on any atom is -0.389 e. The molecule has 20 heavy (non-hydrogen) atoms. The van der Waals surface area contributed by atoms with E-state index in [4.69, 9.17) is 0 Å². The Hall–Kier alpha value is -0.460. The number of nitrogens with one attached hydrogen (secondary N) is 1. The SMILES string of the molecule is C=C(C)NCCCC(CCCCC)CCCCCCC. The van der Waals surface area contributed by atoms with Crippen LogP contribution < -0.4 is 5.32 Å². The molecule has 0 fully saturated rings. The van der Waals surface area contributed by atoms with Gasteiger partial charge in [-0.3, -0.25) is 0 Å². The van der Waals surface area contributed by atoms with Gasteiger partial charge in [0, 0.05) is 12.2 Å². The molecule has 0 aromatic rings. The lowest BCUT2D eigenvalue weighted by atomic mass is 9.90. The number of rotatable bonds is 15. The normalized spacial score (nSPS) is 12.3. The summed E-state index contributed by atoms with van der Waals surface area (Å²) in [6.07, 6.45) is 16.9. The molecule has 1 atom stereocenters. The largest absolute Gasteiger partial charge is 0.389 e. The monoisotopic (exact) mass is 281 g/mol. The predicted molar refractivity (Wildman–Crippen MR) is 93.1 cm³/mol. The van der Waals surface area contributed by atoms with Crippen molar-refractivity contribution in [1.29, 1.82) is 0 Å². The first-order valence-electron chi connectivity index (χ1n) is 9.10. The number of allylic oxidation sites excluding steroid dienone is 1. The van der Waals surface area contributed by atoms with Crippen LogP contribution in [0.5, 0.6) is 0 Å². The van der Waals surface area contributed by atoms with Gasteiger partial charge in [0.2, 0.25) is 0 Å². The van der Waals surface area contributed by atoms with E-state index in [0.29, 0.717) is 0 Å². The molecule has 0 aromatic heterocycles. The summed E-state index contributed by atoms with van der Waals surface area (Å²) < 4.78 is 0. The highest BCUT2D eigenvalue weighted by atomic mass is 14.9. The third-order valence-electron chi connectivity index (χ3n) is 4.15. The zero-order valence-electron chi connectivity index (χ0n) is 14.5. The van der Waals surface area contributed by atoms with Crippen LogP contribution in [0.3, 0.4) is 0 Å². The average Bonchev–Trinajstić information content (AvgIpc) is 2.42. The molecule has 0 saturated carbocycles.